The zero-order valence-corrected chi connectivity index (χ0v) is 19.1. The van der Waals surface area contributed by atoms with E-state index in [2.05, 4.69) is 9.71 Å². The number of carbonyl (C=O) groups is 2. The normalized spacial score (nSPS) is 12.8. The van der Waals surface area contributed by atoms with Crippen LogP contribution in [0.1, 0.15) is 20.7 Å². The summed E-state index contributed by atoms with van der Waals surface area (Å²) in [4.78, 5) is 28.4. The first-order valence-corrected chi connectivity index (χ1v) is 12.2. The Bertz CT molecular complexity index is 1540. The van der Waals surface area contributed by atoms with E-state index in [9.17, 15) is 18.0 Å². The second-order valence-electron chi connectivity index (χ2n) is 7.70. The van der Waals surface area contributed by atoms with E-state index in [0.29, 0.717) is 30.3 Å². The van der Waals surface area contributed by atoms with Gasteiger partial charge in [0.1, 0.15) is 13.2 Å². The number of aromatic amines is 1. The second-order valence-corrected chi connectivity index (χ2v) is 9.39. The van der Waals surface area contributed by atoms with Crippen LogP contribution in [0.4, 0.5) is 5.69 Å². The van der Waals surface area contributed by atoms with Crippen molar-refractivity contribution in [3.05, 3.63) is 84.1 Å². The van der Waals surface area contributed by atoms with Crippen LogP contribution in [0.25, 0.3) is 10.9 Å². The van der Waals surface area contributed by atoms with Crippen molar-refractivity contribution >= 4 is 38.4 Å². The summed E-state index contributed by atoms with van der Waals surface area (Å²) in [6.45, 7) is 0.204. The van der Waals surface area contributed by atoms with Gasteiger partial charge in [-0.2, -0.15) is 0 Å². The predicted octanol–water partition coefficient (Wildman–Crippen LogP) is 3.78. The van der Waals surface area contributed by atoms with Gasteiger partial charge in [-0.1, -0.05) is 30.3 Å². The lowest BCUT2D eigenvalue weighted by Gasteiger charge is -2.19. The highest BCUT2D eigenvalue weighted by Gasteiger charge is 2.23. The van der Waals surface area contributed by atoms with Gasteiger partial charge in [-0.25, -0.2) is 13.2 Å². The molecule has 0 fully saturated rings. The largest absolute Gasteiger partial charge is 0.486 e. The van der Waals surface area contributed by atoms with Gasteiger partial charge in [0.05, 0.1) is 16.1 Å². The summed E-state index contributed by atoms with van der Waals surface area (Å²) in [5, 5.41) is 0.723. The maximum Gasteiger partial charge on any atom is 0.340 e. The van der Waals surface area contributed by atoms with Crippen molar-refractivity contribution in [2.75, 3.05) is 24.5 Å². The van der Waals surface area contributed by atoms with E-state index >= 15 is 0 Å². The number of H-pyrrole nitrogens is 1. The SMILES string of the molecule is O=C(OCC(=O)c1c[nH]c2ccccc12)c1ccccc1NS(=O)(=O)c1ccc2c(c1)OCCO2. The minimum atomic E-state index is -4.06. The van der Waals surface area contributed by atoms with Crippen molar-refractivity contribution in [1.29, 1.82) is 0 Å². The maximum absolute atomic E-state index is 13.0. The van der Waals surface area contributed by atoms with Crippen LogP contribution >= 0.6 is 0 Å². The molecule has 0 saturated heterocycles. The number of sulfonamides is 1. The Morgan fingerprint density at radius 1 is 0.914 bits per heavy atom. The van der Waals surface area contributed by atoms with E-state index in [4.69, 9.17) is 14.2 Å². The lowest BCUT2D eigenvalue weighted by atomic mass is 10.1. The first-order chi connectivity index (χ1) is 16.9. The monoisotopic (exact) mass is 492 g/mol. The van der Waals surface area contributed by atoms with E-state index in [0.717, 1.165) is 10.9 Å². The number of ketones is 1. The first kappa shape index (κ1) is 22.5. The van der Waals surface area contributed by atoms with Crippen molar-refractivity contribution in [1.82, 2.24) is 4.98 Å². The van der Waals surface area contributed by atoms with Crippen molar-refractivity contribution in [3.8, 4) is 11.5 Å². The molecule has 0 spiro atoms. The molecule has 10 heteroatoms. The zero-order valence-electron chi connectivity index (χ0n) is 18.3. The van der Waals surface area contributed by atoms with Crippen LogP contribution in [0.3, 0.4) is 0 Å². The smallest absolute Gasteiger partial charge is 0.340 e. The average molecular weight is 493 g/mol. The summed E-state index contributed by atoms with van der Waals surface area (Å²) in [5.74, 6) is -0.439. The molecule has 0 amide bonds. The molecule has 0 atom stereocenters. The van der Waals surface area contributed by atoms with E-state index in [1.54, 1.807) is 24.4 Å². The number of aromatic nitrogens is 1. The molecule has 1 aliphatic rings. The number of anilines is 1. The number of Topliss-reactive ketones (excluding diaryl/α,β-unsaturated/α-hetero) is 1. The lowest BCUT2D eigenvalue weighted by molar-refractivity contribution is 0.0476. The first-order valence-electron chi connectivity index (χ1n) is 10.7. The number of para-hydroxylation sites is 2. The molecule has 5 rings (SSSR count). The molecular formula is C25H20N2O7S. The summed E-state index contributed by atoms with van der Waals surface area (Å²) >= 11 is 0. The highest BCUT2D eigenvalue weighted by atomic mass is 32.2. The topological polar surface area (TPSA) is 124 Å². The van der Waals surface area contributed by atoms with E-state index in [1.807, 2.05) is 18.2 Å². The third-order valence-corrected chi connectivity index (χ3v) is 6.80. The summed E-state index contributed by atoms with van der Waals surface area (Å²) in [6.07, 6.45) is 1.57. The molecule has 0 saturated carbocycles. The zero-order chi connectivity index (χ0) is 24.4. The van der Waals surface area contributed by atoms with Gasteiger partial charge in [0.2, 0.25) is 5.78 Å². The summed E-state index contributed by atoms with van der Waals surface area (Å²) in [5.41, 5.74) is 1.19. The van der Waals surface area contributed by atoms with Gasteiger partial charge in [0, 0.05) is 28.7 Å². The Balaban J connectivity index is 1.32. The highest BCUT2D eigenvalue weighted by molar-refractivity contribution is 7.92. The van der Waals surface area contributed by atoms with Gasteiger partial charge in [-0.05, 0) is 30.3 Å². The van der Waals surface area contributed by atoms with Crippen LogP contribution in [0.5, 0.6) is 11.5 Å². The van der Waals surface area contributed by atoms with Gasteiger partial charge in [0.25, 0.3) is 10.0 Å². The van der Waals surface area contributed by atoms with Crippen LogP contribution < -0.4 is 14.2 Å². The van der Waals surface area contributed by atoms with Crippen LogP contribution in [-0.4, -0.2) is 45.0 Å². The second kappa shape index (κ2) is 9.15. The average Bonchev–Trinajstić information content (AvgIpc) is 3.31. The van der Waals surface area contributed by atoms with E-state index < -0.39 is 22.6 Å². The molecule has 2 heterocycles. The molecule has 35 heavy (non-hydrogen) atoms. The Morgan fingerprint density at radius 2 is 1.66 bits per heavy atom. The third kappa shape index (κ3) is 4.56. The molecule has 2 N–H and O–H groups in total. The maximum atomic E-state index is 13.0. The number of esters is 1. The van der Waals surface area contributed by atoms with Crippen molar-refractivity contribution < 1.29 is 32.2 Å². The molecule has 4 aromatic rings. The van der Waals surface area contributed by atoms with Crippen LogP contribution in [0.15, 0.2) is 77.8 Å². The molecule has 0 aliphatic carbocycles. The summed E-state index contributed by atoms with van der Waals surface area (Å²) < 4.78 is 44.5. The molecule has 0 bridgehead atoms. The Kier molecular flexibility index (Phi) is 5.87. The van der Waals surface area contributed by atoms with Crippen LogP contribution in [0, 0.1) is 0 Å². The highest BCUT2D eigenvalue weighted by Crippen LogP contribution is 2.33. The Labute approximate surface area is 200 Å². The number of benzene rings is 3. The molecule has 1 aliphatic heterocycles. The fourth-order valence-corrected chi connectivity index (χ4v) is 4.83. The molecule has 0 radical (unpaired) electrons. The fraction of sp³-hybridized carbons (Fsp3) is 0.120. The standard InChI is InChI=1S/C25H20N2O7S/c28-22(19-14-26-20-7-3-1-5-17(19)20)15-34-25(29)18-6-2-4-8-21(18)27-35(30,31)16-9-10-23-24(13-16)33-12-11-32-23/h1-10,13-14,26-27H,11-12,15H2. The van der Waals surface area contributed by atoms with Gasteiger partial charge >= 0.3 is 5.97 Å². The lowest BCUT2D eigenvalue weighted by Crippen LogP contribution is -2.19. The van der Waals surface area contributed by atoms with Crippen molar-refractivity contribution in [2.24, 2.45) is 0 Å². The molecule has 178 valence electrons. The van der Waals surface area contributed by atoms with E-state index in [1.165, 1.54) is 30.3 Å². The number of hydrogen-bond donors (Lipinski definition) is 2. The number of carbonyl (C=O) groups excluding carboxylic acids is 2. The number of ether oxygens (including phenoxy) is 3. The quantitative estimate of drug-likeness (QED) is 0.297. The molecule has 1 aromatic heterocycles. The minimum absolute atomic E-state index is 0.0203. The third-order valence-electron chi connectivity index (χ3n) is 5.44. The molecular weight excluding hydrogens is 472 g/mol. The number of fused-ring (bicyclic) bond motifs is 2. The number of rotatable bonds is 7. The van der Waals surface area contributed by atoms with Crippen molar-refractivity contribution in [3.63, 3.8) is 0 Å². The van der Waals surface area contributed by atoms with Gasteiger partial charge in [-0.15, -0.1) is 0 Å². The van der Waals surface area contributed by atoms with E-state index in [-0.39, 0.29) is 21.9 Å². The van der Waals surface area contributed by atoms with Crippen molar-refractivity contribution in [2.45, 2.75) is 4.90 Å². The predicted molar refractivity (Wildman–Crippen MR) is 128 cm³/mol. The molecule has 9 nitrogen and oxygen atoms in total. The molecule has 0 unspecified atom stereocenters. The van der Waals surface area contributed by atoms with Gasteiger partial charge in [0.15, 0.2) is 18.1 Å². The van der Waals surface area contributed by atoms with Crippen LogP contribution in [0.2, 0.25) is 0 Å². The Hall–Kier alpha value is -4.31. The number of nitrogens with one attached hydrogen (secondary N) is 2. The summed E-state index contributed by atoms with van der Waals surface area (Å²) in [6, 6.07) is 17.5. The molecule has 3 aromatic carbocycles. The Morgan fingerprint density at radius 3 is 2.51 bits per heavy atom. The van der Waals surface area contributed by atoms with Gasteiger partial charge < -0.3 is 19.2 Å². The fourth-order valence-electron chi connectivity index (χ4n) is 3.73. The summed E-state index contributed by atoms with van der Waals surface area (Å²) in [7, 11) is -4.06. The number of hydrogen-bond acceptors (Lipinski definition) is 7. The van der Waals surface area contributed by atoms with Crippen LogP contribution in [-0.2, 0) is 14.8 Å². The minimum Gasteiger partial charge on any atom is -0.486 e. The van der Waals surface area contributed by atoms with Gasteiger partial charge in [-0.3, -0.25) is 9.52 Å².